The summed E-state index contributed by atoms with van der Waals surface area (Å²) in [7, 11) is 0. The van der Waals surface area contributed by atoms with E-state index in [9.17, 15) is 0 Å². The molecule has 2 aromatic rings. The molecule has 1 unspecified atom stereocenters. The lowest BCUT2D eigenvalue weighted by Crippen LogP contribution is -2.22. The van der Waals surface area contributed by atoms with E-state index >= 15 is 0 Å². The molecule has 1 fully saturated rings. The number of hydrogen-bond donors (Lipinski definition) is 1. The summed E-state index contributed by atoms with van der Waals surface area (Å²) in [4.78, 5) is 0. The van der Waals surface area contributed by atoms with Crippen molar-refractivity contribution in [1.82, 2.24) is 0 Å². The first kappa shape index (κ1) is 14.4. The summed E-state index contributed by atoms with van der Waals surface area (Å²) < 4.78 is 6.09. The normalized spacial score (nSPS) is 16.1. The van der Waals surface area contributed by atoms with E-state index < -0.39 is 0 Å². The number of fused-ring (bicyclic) bond motifs is 1. The highest BCUT2D eigenvalue weighted by atomic mass is 16.5. The standard InChI is InChI=1S/C19H25NO/c1-2-16(20)13-18-17-6-4-3-5-15(17)9-10-19(18)21-12-11-14-7-8-14/h3-6,9-10,14,16H,2,7-8,11-13,20H2,1H3. The topological polar surface area (TPSA) is 35.2 Å². The molecule has 0 radical (unpaired) electrons. The number of benzene rings is 2. The Labute approximate surface area is 127 Å². The first-order chi connectivity index (χ1) is 10.3. The summed E-state index contributed by atoms with van der Waals surface area (Å²) in [6.07, 6.45) is 5.83. The van der Waals surface area contributed by atoms with E-state index in [1.807, 2.05) is 0 Å². The molecule has 2 nitrogen and oxygen atoms in total. The molecule has 1 saturated carbocycles. The molecule has 0 saturated heterocycles. The number of ether oxygens (including phenoxy) is 1. The van der Waals surface area contributed by atoms with Crippen molar-refractivity contribution in [3.05, 3.63) is 42.0 Å². The molecule has 0 bridgehead atoms. The van der Waals surface area contributed by atoms with E-state index in [1.54, 1.807) is 0 Å². The predicted molar refractivity (Wildman–Crippen MR) is 88.8 cm³/mol. The second-order valence-corrected chi connectivity index (χ2v) is 6.22. The summed E-state index contributed by atoms with van der Waals surface area (Å²) >= 11 is 0. The number of rotatable bonds is 7. The Morgan fingerprint density at radius 3 is 2.76 bits per heavy atom. The average Bonchev–Trinajstić information content (AvgIpc) is 3.33. The van der Waals surface area contributed by atoms with Crippen molar-refractivity contribution in [1.29, 1.82) is 0 Å². The van der Waals surface area contributed by atoms with Crippen LogP contribution in [-0.2, 0) is 6.42 Å². The van der Waals surface area contributed by atoms with Gasteiger partial charge in [0.25, 0.3) is 0 Å². The van der Waals surface area contributed by atoms with Gasteiger partial charge in [-0.3, -0.25) is 0 Å². The minimum Gasteiger partial charge on any atom is -0.493 e. The van der Waals surface area contributed by atoms with Crippen LogP contribution in [0.1, 0.15) is 38.2 Å². The predicted octanol–water partition coefficient (Wildman–Crippen LogP) is 4.30. The molecule has 0 heterocycles. The second-order valence-electron chi connectivity index (χ2n) is 6.22. The fraction of sp³-hybridized carbons (Fsp3) is 0.474. The first-order valence-electron chi connectivity index (χ1n) is 8.17. The molecular weight excluding hydrogens is 258 g/mol. The van der Waals surface area contributed by atoms with Crippen molar-refractivity contribution in [2.24, 2.45) is 11.7 Å². The Morgan fingerprint density at radius 2 is 2.00 bits per heavy atom. The van der Waals surface area contributed by atoms with E-state index in [2.05, 4.69) is 43.3 Å². The van der Waals surface area contributed by atoms with Gasteiger partial charge >= 0.3 is 0 Å². The summed E-state index contributed by atoms with van der Waals surface area (Å²) in [5.41, 5.74) is 7.47. The van der Waals surface area contributed by atoms with Crippen LogP contribution in [0.15, 0.2) is 36.4 Å². The molecule has 0 spiro atoms. The highest BCUT2D eigenvalue weighted by Crippen LogP contribution is 2.33. The van der Waals surface area contributed by atoms with E-state index in [0.717, 1.165) is 31.1 Å². The summed E-state index contributed by atoms with van der Waals surface area (Å²) in [5.74, 6) is 1.94. The van der Waals surface area contributed by atoms with Gasteiger partial charge < -0.3 is 10.5 Å². The maximum absolute atomic E-state index is 6.20. The second kappa shape index (κ2) is 6.48. The van der Waals surface area contributed by atoms with Crippen LogP contribution in [0.4, 0.5) is 0 Å². The van der Waals surface area contributed by atoms with Crippen LogP contribution < -0.4 is 10.5 Å². The Morgan fingerprint density at radius 1 is 1.19 bits per heavy atom. The van der Waals surface area contributed by atoms with Gasteiger partial charge in [-0.1, -0.05) is 50.1 Å². The Kier molecular flexibility index (Phi) is 4.45. The third-order valence-electron chi connectivity index (χ3n) is 4.47. The van der Waals surface area contributed by atoms with Crippen molar-refractivity contribution in [3.8, 4) is 5.75 Å². The van der Waals surface area contributed by atoms with E-state index in [0.29, 0.717) is 0 Å². The SMILES string of the molecule is CCC(N)Cc1c(OCCC2CC2)ccc2ccccc12. The maximum Gasteiger partial charge on any atom is 0.123 e. The summed E-state index contributed by atoms with van der Waals surface area (Å²) in [6, 6.07) is 13.0. The zero-order chi connectivity index (χ0) is 14.7. The minimum atomic E-state index is 0.196. The Hall–Kier alpha value is -1.54. The van der Waals surface area contributed by atoms with Gasteiger partial charge in [0.1, 0.15) is 5.75 Å². The lowest BCUT2D eigenvalue weighted by atomic mass is 9.97. The van der Waals surface area contributed by atoms with Gasteiger partial charge in [0.2, 0.25) is 0 Å². The van der Waals surface area contributed by atoms with E-state index in [4.69, 9.17) is 10.5 Å². The zero-order valence-electron chi connectivity index (χ0n) is 12.8. The molecule has 0 aliphatic heterocycles. The molecule has 2 heteroatoms. The molecule has 3 rings (SSSR count). The number of nitrogens with two attached hydrogens (primary N) is 1. The first-order valence-corrected chi connectivity index (χ1v) is 8.17. The van der Waals surface area contributed by atoms with Crippen LogP contribution in [0.3, 0.4) is 0 Å². The van der Waals surface area contributed by atoms with Crippen molar-refractivity contribution >= 4 is 10.8 Å². The highest BCUT2D eigenvalue weighted by Gasteiger charge is 2.21. The van der Waals surface area contributed by atoms with E-state index in [-0.39, 0.29) is 6.04 Å². The fourth-order valence-electron chi connectivity index (χ4n) is 2.81. The number of hydrogen-bond acceptors (Lipinski definition) is 2. The molecule has 1 atom stereocenters. The van der Waals surface area contributed by atoms with Gasteiger partial charge in [-0.15, -0.1) is 0 Å². The van der Waals surface area contributed by atoms with E-state index in [1.165, 1.54) is 35.6 Å². The molecule has 2 N–H and O–H groups in total. The molecular formula is C19H25NO. The molecule has 0 amide bonds. The average molecular weight is 283 g/mol. The third-order valence-corrected chi connectivity index (χ3v) is 4.47. The molecule has 112 valence electrons. The van der Waals surface area contributed by atoms with Gasteiger partial charge in [-0.05, 0) is 42.0 Å². The summed E-state index contributed by atoms with van der Waals surface area (Å²) in [5, 5.41) is 2.55. The Bertz CT molecular complexity index is 604. The lowest BCUT2D eigenvalue weighted by Gasteiger charge is -2.17. The summed E-state index contributed by atoms with van der Waals surface area (Å²) in [6.45, 7) is 2.97. The molecule has 21 heavy (non-hydrogen) atoms. The van der Waals surface area contributed by atoms with Crippen LogP contribution >= 0.6 is 0 Å². The molecule has 1 aliphatic rings. The highest BCUT2D eigenvalue weighted by molar-refractivity contribution is 5.87. The van der Waals surface area contributed by atoms with Crippen LogP contribution in [0.2, 0.25) is 0 Å². The van der Waals surface area contributed by atoms with Crippen LogP contribution in [-0.4, -0.2) is 12.6 Å². The van der Waals surface area contributed by atoms with Crippen molar-refractivity contribution < 1.29 is 4.74 Å². The largest absolute Gasteiger partial charge is 0.493 e. The van der Waals surface area contributed by atoms with Crippen molar-refractivity contribution in [3.63, 3.8) is 0 Å². The smallest absolute Gasteiger partial charge is 0.123 e. The zero-order valence-corrected chi connectivity index (χ0v) is 12.8. The van der Waals surface area contributed by atoms with Crippen LogP contribution in [0.25, 0.3) is 10.8 Å². The quantitative estimate of drug-likeness (QED) is 0.822. The van der Waals surface area contributed by atoms with Gasteiger partial charge in [0.05, 0.1) is 6.61 Å². The van der Waals surface area contributed by atoms with Gasteiger partial charge in [0.15, 0.2) is 0 Å². The van der Waals surface area contributed by atoms with Crippen LogP contribution in [0.5, 0.6) is 5.75 Å². The minimum absolute atomic E-state index is 0.196. The van der Waals surface area contributed by atoms with Crippen LogP contribution in [0, 0.1) is 5.92 Å². The molecule has 1 aliphatic carbocycles. The fourth-order valence-corrected chi connectivity index (χ4v) is 2.81. The van der Waals surface area contributed by atoms with Gasteiger partial charge in [-0.2, -0.15) is 0 Å². The van der Waals surface area contributed by atoms with Gasteiger partial charge in [-0.25, -0.2) is 0 Å². The third kappa shape index (κ3) is 3.56. The molecule has 0 aromatic heterocycles. The molecule has 2 aromatic carbocycles. The maximum atomic E-state index is 6.20. The monoisotopic (exact) mass is 283 g/mol. The van der Waals surface area contributed by atoms with Crippen molar-refractivity contribution in [2.75, 3.05) is 6.61 Å². The Balaban J connectivity index is 1.86. The lowest BCUT2D eigenvalue weighted by molar-refractivity contribution is 0.299. The van der Waals surface area contributed by atoms with Gasteiger partial charge in [0, 0.05) is 11.6 Å². The van der Waals surface area contributed by atoms with Crippen molar-refractivity contribution in [2.45, 2.75) is 45.1 Å².